The average Bonchev–Trinajstić information content (AvgIpc) is 3.00. The number of carbonyl (C=O) groups excluding carboxylic acids is 1. The summed E-state index contributed by atoms with van der Waals surface area (Å²) in [4.78, 5) is 12.1. The molecule has 3 aromatic rings. The fourth-order valence-corrected chi connectivity index (χ4v) is 1.91. The van der Waals surface area contributed by atoms with Gasteiger partial charge in [0, 0.05) is 11.3 Å². The van der Waals surface area contributed by atoms with Gasteiger partial charge in [-0.2, -0.15) is 0 Å². The zero-order valence-corrected chi connectivity index (χ0v) is 11.7. The van der Waals surface area contributed by atoms with Crippen LogP contribution in [0.4, 0.5) is 10.1 Å². The van der Waals surface area contributed by atoms with Gasteiger partial charge < -0.3 is 9.73 Å². The minimum absolute atomic E-state index is 0.150. The molecule has 0 aliphatic heterocycles. The number of aromatic nitrogens is 2. The van der Waals surface area contributed by atoms with Gasteiger partial charge in [-0.1, -0.05) is 18.2 Å². The number of benzene rings is 2. The van der Waals surface area contributed by atoms with E-state index < -0.39 is 5.91 Å². The number of nitrogens with zero attached hydrogens (tertiary/aromatic N) is 2. The van der Waals surface area contributed by atoms with Crippen molar-refractivity contribution in [3.8, 4) is 11.5 Å². The van der Waals surface area contributed by atoms with E-state index in [1.54, 1.807) is 6.07 Å². The summed E-state index contributed by atoms with van der Waals surface area (Å²) < 4.78 is 18.2. The van der Waals surface area contributed by atoms with Crippen molar-refractivity contribution in [1.29, 1.82) is 0 Å². The molecule has 0 aliphatic carbocycles. The van der Waals surface area contributed by atoms with E-state index in [9.17, 15) is 9.18 Å². The quantitative estimate of drug-likeness (QED) is 0.804. The van der Waals surface area contributed by atoms with Crippen LogP contribution in [0.3, 0.4) is 0 Å². The van der Waals surface area contributed by atoms with Crippen molar-refractivity contribution in [2.45, 2.75) is 6.92 Å². The lowest BCUT2D eigenvalue weighted by molar-refractivity contribution is 0.0990. The fourth-order valence-electron chi connectivity index (χ4n) is 1.91. The maximum absolute atomic E-state index is 12.9. The molecule has 0 saturated carbocycles. The summed E-state index contributed by atoms with van der Waals surface area (Å²) in [6.45, 7) is 1.88. The number of hydrogen-bond donors (Lipinski definition) is 1. The maximum Gasteiger partial charge on any atom is 0.313 e. The lowest BCUT2D eigenvalue weighted by Crippen LogP contribution is -2.13. The van der Waals surface area contributed by atoms with E-state index >= 15 is 0 Å². The van der Waals surface area contributed by atoms with Crippen LogP contribution in [0.15, 0.2) is 52.9 Å². The molecular formula is C16H12FN3O2. The van der Waals surface area contributed by atoms with Gasteiger partial charge in [0.05, 0.1) is 0 Å². The van der Waals surface area contributed by atoms with E-state index in [2.05, 4.69) is 15.5 Å². The summed E-state index contributed by atoms with van der Waals surface area (Å²) in [6.07, 6.45) is 0. The first-order chi connectivity index (χ1) is 10.6. The molecule has 1 N–H and O–H groups in total. The SMILES string of the molecule is Cc1ccccc1NC(=O)c1nnc(-c2ccc(F)cc2)o1. The Balaban J connectivity index is 1.80. The molecule has 1 aromatic heterocycles. The predicted octanol–water partition coefficient (Wildman–Crippen LogP) is 3.44. The van der Waals surface area contributed by atoms with Crippen LogP contribution < -0.4 is 5.32 Å². The number of hydrogen-bond acceptors (Lipinski definition) is 4. The first kappa shape index (κ1) is 13.9. The molecule has 0 aliphatic rings. The molecule has 3 rings (SSSR count). The van der Waals surface area contributed by atoms with Crippen molar-refractivity contribution in [3.63, 3.8) is 0 Å². The molecule has 1 amide bonds. The third-order valence-electron chi connectivity index (χ3n) is 3.10. The number of amides is 1. The summed E-state index contributed by atoms with van der Waals surface area (Å²) in [7, 11) is 0. The number of rotatable bonds is 3. The number of nitrogens with one attached hydrogen (secondary N) is 1. The zero-order valence-electron chi connectivity index (χ0n) is 11.7. The van der Waals surface area contributed by atoms with Crippen molar-refractivity contribution < 1.29 is 13.6 Å². The topological polar surface area (TPSA) is 68.0 Å². The summed E-state index contributed by atoms with van der Waals surface area (Å²) in [5, 5.41) is 10.2. The highest BCUT2D eigenvalue weighted by Crippen LogP contribution is 2.19. The Morgan fingerprint density at radius 3 is 2.55 bits per heavy atom. The molecule has 0 radical (unpaired) electrons. The Morgan fingerprint density at radius 1 is 1.09 bits per heavy atom. The van der Waals surface area contributed by atoms with E-state index in [0.717, 1.165) is 5.56 Å². The van der Waals surface area contributed by atoms with E-state index in [1.807, 2.05) is 25.1 Å². The normalized spacial score (nSPS) is 10.5. The van der Waals surface area contributed by atoms with Crippen LogP contribution in [-0.2, 0) is 0 Å². The first-order valence-corrected chi connectivity index (χ1v) is 6.60. The van der Waals surface area contributed by atoms with E-state index in [-0.39, 0.29) is 17.6 Å². The Labute approximate surface area is 125 Å². The summed E-state index contributed by atoms with van der Waals surface area (Å²) in [5.74, 6) is -0.839. The van der Waals surface area contributed by atoms with Gasteiger partial charge in [0.15, 0.2) is 0 Å². The number of anilines is 1. The molecule has 6 heteroatoms. The highest BCUT2D eigenvalue weighted by molar-refractivity contribution is 6.01. The van der Waals surface area contributed by atoms with Crippen LogP contribution in [0.1, 0.15) is 16.2 Å². The molecule has 22 heavy (non-hydrogen) atoms. The highest BCUT2D eigenvalue weighted by Gasteiger charge is 2.16. The van der Waals surface area contributed by atoms with E-state index in [1.165, 1.54) is 24.3 Å². The van der Waals surface area contributed by atoms with Crippen LogP contribution in [0.5, 0.6) is 0 Å². The van der Waals surface area contributed by atoms with Gasteiger partial charge in [0.2, 0.25) is 5.89 Å². The fraction of sp³-hybridized carbons (Fsp3) is 0.0625. The van der Waals surface area contributed by atoms with Crippen LogP contribution in [-0.4, -0.2) is 16.1 Å². The van der Waals surface area contributed by atoms with Crippen molar-refractivity contribution in [3.05, 3.63) is 65.8 Å². The second-order valence-corrected chi connectivity index (χ2v) is 4.69. The second kappa shape index (κ2) is 5.77. The van der Waals surface area contributed by atoms with E-state index in [4.69, 9.17) is 4.42 Å². The Kier molecular flexibility index (Phi) is 3.65. The average molecular weight is 297 g/mol. The molecule has 2 aromatic carbocycles. The summed E-state index contributed by atoms with van der Waals surface area (Å²) in [6, 6.07) is 12.9. The van der Waals surface area contributed by atoms with Gasteiger partial charge in [0.25, 0.3) is 0 Å². The van der Waals surface area contributed by atoms with Gasteiger partial charge in [-0.3, -0.25) is 4.79 Å². The molecule has 0 spiro atoms. The van der Waals surface area contributed by atoms with Crippen LogP contribution in [0.2, 0.25) is 0 Å². The lowest BCUT2D eigenvalue weighted by atomic mass is 10.2. The van der Waals surface area contributed by atoms with Crippen LogP contribution >= 0.6 is 0 Å². The van der Waals surface area contributed by atoms with Gasteiger partial charge in [-0.05, 0) is 42.8 Å². The molecule has 1 heterocycles. The number of aryl methyl sites for hydroxylation is 1. The molecule has 5 nitrogen and oxygen atoms in total. The van der Waals surface area contributed by atoms with Crippen molar-refractivity contribution in [2.75, 3.05) is 5.32 Å². The lowest BCUT2D eigenvalue weighted by Gasteiger charge is -2.04. The minimum atomic E-state index is -0.491. The van der Waals surface area contributed by atoms with Crippen molar-refractivity contribution in [2.24, 2.45) is 0 Å². The van der Waals surface area contributed by atoms with Crippen molar-refractivity contribution >= 4 is 11.6 Å². The third kappa shape index (κ3) is 2.85. The van der Waals surface area contributed by atoms with Gasteiger partial charge >= 0.3 is 11.8 Å². The number of halogens is 1. The summed E-state index contributed by atoms with van der Waals surface area (Å²) >= 11 is 0. The van der Waals surface area contributed by atoms with Gasteiger partial charge in [0.1, 0.15) is 5.82 Å². The third-order valence-corrected chi connectivity index (χ3v) is 3.10. The molecule has 0 saturated heterocycles. The molecule has 0 atom stereocenters. The molecule has 110 valence electrons. The predicted molar refractivity (Wildman–Crippen MR) is 78.8 cm³/mol. The smallest absolute Gasteiger partial charge is 0.313 e. The zero-order chi connectivity index (χ0) is 15.5. The van der Waals surface area contributed by atoms with Gasteiger partial charge in [-0.15, -0.1) is 10.2 Å². The maximum atomic E-state index is 12.9. The summed E-state index contributed by atoms with van der Waals surface area (Å²) in [5.41, 5.74) is 2.15. The van der Waals surface area contributed by atoms with Crippen LogP contribution in [0, 0.1) is 12.7 Å². The second-order valence-electron chi connectivity index (χ2n) is 4.69. The number of para-hydroxylation sites is 1. The monoisotopic (exact) mass is 297 g/mol. The Morgan fingerprint density at radius 2 is 1.82 bits per heavy atom. The van der Waals surface area contributed by atoms with Gasteiger partial charge in [-0.25, -0.2) is 4.39 Å². The molecule has 0 unspecified atom stereocenters. The largest absolute Gasteiger partial charge is 0.412 e. The molecule has 0 fully saturated rings. The minimum Gasteiger partial charge on any atom is -0.412 e. The Hall–Kier alpha value is -3.02. The van der Waals surface area contributed by atoms with Crippen LogP contribution in [0.25, 0.3) is 11.5 Å². The standard InChI is InChI=1S/C16H12FN3O2/c1-10-4-2-3-5-13(10)18-14(21)16-20-19-15(22-16)11-6-8-12(17)9-7-11/h2-9H,1H3,(H,18,21). The highest BCUT2D eigenvalue weighted by atomic mass is 19.1. The first-order valence-electron chi connectivity index (χ1n) is 6.60. The Bertz CT molecular complexity index is 812. The molecular weight excluding hydrogens is 285 g/mol. The number of carbonyl (C=O) groups is 1. The molecule has 0 bridgehead atoms. The van der Waals surface area contributed by atoms with E-state index in [0.29, 0.717) is 11.3 Å². The van der Waals surface area contributed by atoms with Crippen molar-refractivity contribution in [1.82, 2.24) is 10.2 Å².